The Morgan fingerprint density at radius 2 is 2.04 bits per heavy atom. The van der Waals surface area contributed by atoms with Crippen molar-refractivity contribution >= 4 is 0 Å². The van der Waals surface area contributed by atoms with Crippen LogP contribution in [-0.4, -0.2) is 28.8 Å². The van der Waals surface area contributed by atoms with Crippen molar-refractivity contribution in [3.63, 3.8) is 0 Å². The summed E-state index contributed by atoms with van der Waals surface area (Å²) in [4.78, 5) is 9.09. The third-order valence-electron chi connectivity index (χ3n) is 4.79. The Morgan fingerprint density at radius 1 is 1.19 bits per heavy atom. The number of aromatic nitrogens is 3. The molecule has 1 unspecified atom stereocenters. The molecule has 0 radical (unpaired) electrons. The van der Waals surface area contributed by atoms with Crippen molar-refractivity contribution < 1.29 is 13.7 Å². The summed E-state index contributed by atoms with van der Waals surface area (Å²) in [5, 5.41) is 7.60. The van der Waals surface area contributed by atoms with Gasteiger partial charge in [-0.25, -0.2) is 4.98 Å². The summed E-state index contributed by atoms with van der Waals surface area (Å²) in [6.45, 7) is 3.09. The van der Waals surface area contributed by atoms with Crippen LogP contribution in [0.4, 0.5) is 0 Å². The molecule has 136 valence electrons. The number of nitrogens with one attached hydrogen (secondary N) is 1. The van der Waals surface area contributed by atoms with Gasteiger partial charge in [-0.1, -0.05) is 5.16 Å². The predicted octanol–water partition coefficient (Wildman–Crippen LogP) is 3.31. The van der Waals surface area contributed by atoms with Crippen molar-refractivity contribution in [2.45, 2.75) is 38.1 Å². The summed E-state index contributed by atoms with van der Waals surface area (Å²) in [7, 11) is 1.64. The highest BCUT2D eigenvalue weighted by atomic mass is 16.5. The third kappa shape index (κ3) is 3.35. The number of methoxy groups -OCH3 is 1. The number of oxazole rings is 1. The first kappa shape index (κ1) is 16.8. The van der Waals surface area contributed by atoms with Gasteiger partial charge in [0.15, 0.2) is 5.82 Å². The molecule has 0 saturated carbocycles. The van der Waals surface area contributed by atoms with E-state index >= 15 is 0 Å². The maximum atomic E-state index is 5.59. The molecule has 1 aliphatic heterocycles. The molecule has 1 aromatic carbocycles. The minimum atomic E-state index is -0.235. The molecule has 0 spiro atoms. The Bertz CT molecular complexity index is 863. The van der Waals surface area contributed by atoms with Gasteiger partial charge >= 0.3 is 0 Å². The Hall–Kier alpha value is -2.67. The standard InChI is InChI=1S/C19H22N4O3/c1-19(9-3-4-10-20-19)18-22-16(23-26-18)11-14-12-25-17(21-14)13-5-7-15(24-2)8-6-13/h5-8,12,20H,3-4,9-11H2,1-2H3. The molecule has 7 nitrogen and oxygen atoms in total. The van der Waals surface area contributed by atoms with Gasteiger partial charge in [-0.15, -0.1) is 0 Å². The lowest BCUT2D eigenvalue weighted by Gasteiger charge is -2.31. The van der Waals surface area contributed by atoms with Crippen LogP contribution in [-0.2, 0) is 12.0 Å². The smallest absolute Gasteiger partial charge is 0.246 e. The van der Waals surface area contributed by atoms with E-state index in [1.54, 1.807) is 13.4 Å². The lowest BCUT2D eigenvalue weighted by molar-refractivity contribution is 0.206. The van der Waals surface area contributed by atoms with Crippen LogP contribution in [0.2, 0.25) is 0 Å². The van der Waals surface area contributed by atoms with Gasteiger partial charge in [0.1, 0.15) is 12.0 Å². The zero-order chi connectivity index (χ0) is 18.0. The minimum absolute atomic E-state index is 0.235. The molecular weight excluding hydrogens is 332 g/mol. The minimum Gasteiger partial charge on any atom is -0.497 e. The molecule has 3 heterocycles. The van der Waals surface area contributed by atoms with Crippen LogP contribution in [0, 0.1) is 0 Å². The molecule has 3 aromatic rings. The van der Waals surface area contributed by atoms with Crippen molar-refractivity contribution in [2.24, 2.45) is 0 Å². The van der Waals surface area contributed by atoms with Gasteiger partial charge in [0, 0.05) is 5.56 Å². The first-order valence-electron chi connectivity index (χ1n) is 8.83. The molecule has 4 rings (SSSR count). The molecule has 1 aliphatic rings. The van der Waals surface area contributed by atoms with Crippen LogP contribution >= 0.6 is 0 Å². The molecule has 26 heavy (non-hydrogen) atoms. The Labute approximate surface area is 151 Å². The quantitative estimate of drug-likeness (QED) is 0.752. The van der Waals surface area contributed by atoms with E-state index in [0.29, 0.717) is 24.0 Å². The second kappa shape index (κ2) is 6.92. The van der Waals surface area contributed by atoms with Gasteiger partial charge in [-0.2, -0.15) is 4.98 Å². The Balaban J connectivity index is 1.47. The summed E-state index contributed by atoms with van der Waals surface area (Å²) in [5.41, 5.74) is 1.43. The first-order valence-corrected chi connectivity index (χ1v) is 8.83. The van der Waals surface area contributed by atoms with E-state index in [9.17, 15) is 0 Å². The van der Waals surface area contributed by atoms with Gasteiger partial charge in [-0.3, -0.25) is 0 Å². The maximum Gasteiger partial charge on any atom is 0.246 e. The van der Waals surface area contributed by atoms with Crippen molar-refractivity contribution in [1.29, 1.82) is 0 Å². The zero-order valence-corrected chi connectivity index (χ0v) is 15.0. The summed E-state index contributed by atoms with van der Waals surface area (Å²) in [6, 6.07) is 7.58. The first-order chi connectivity index (χ1) is 12.7. The number of rotatable bonds is 5. The Kier molecular flexibility index (Phi) is 4.46. The van der Waals surface area contributed by atoms with Gasteiger partial charge in [0.25, 0.3) is 0 Å². The van der Waals surface area contributed by atoms with E-state index in [0.717, 1.165) is 36.4 Å². The SMILES string of the molecule is COc1ccc(-c2nc(Cc3noc(C4(C)CCCCN4)n3)co2)cc1. The second-order valence-corrected chi connectivity index (χ2v) is 6.78. The van der Waals surface area contributed by atoms with Crippen molar-refractivity contribution in [1.82, 2.24) is 20.4 Å². The number of benzene rings is 1. The van der Waals surface area contributed by atoms with Crippen LogP contribution in [0.25, 0.3) is 11.5 Å². The van der Waals surface area contributed by atoms with E-state index in [2.05, 4.69) is 27.4 Å². The van der Waals surface area contributed by atoms with E-state index in [1.807, 2.05) is 24.3 Å². The molecule has 1 fully saturated rings. The largest absolute Gasteiger partial charge is 0.497 e. The van der Waals surface area contributed by atoms with Crippen LogP contribution in [0.5, 0.6) is 5.75 Å². The molecule has 1 atom stereocenters. The van der Waals surface area contributed by atoms with Crippen molar-refractivity contribution in [3.05, 3.63) is 47.9 Å². The van der Waals surface area contributed by atoms with E-state index < -0.39 is 0 Å². The normalized spacial score (nSPS) is 20.2. The topological polar surface area (TPSA) is 86.2 Å². The Morgan fingerprint density at radius 3 is 2.77 bits per heavy atom. The summed E-state index contributed by atoms with van der Waals surface area (Å²) in [6.07, 6.45) is 5.45. The molecule has 0 bridgehead atoms. The monoisotopic (exact) mass is 354 g/mol. The fourth-order valence-corrected chi connectivity index (χ4v) is 3.20. The maximum absolute atomic E-state index is 5.59. The second-order valence-electron chi connectivity index (χ2n) is 6.78. The highest BCUT2D eigenvalue weighted by Crippen LogP contribution is 2.29. The van der Waals surface area contributed by atoms with Crippen molar-refractivity contribution in [2.75, 3.05) is 13.7 Å². The van der Waals surface area contributed by atoms with Crippen LogP contribution in [0.3, 0.4) is 0 Å². The third-order valence-corrected chi connectivity index (χ3v) is 4.79. The average Bonchev–Trinajstić information content (AvgIpc) is 3.33. The number of hydrogen-bond acceptors (Lipinski definition) is 7. The zero-order valence-electron chi connectivity index (χ0n) is 15.0. The lowest BCUT2D eigenvalue weighted by Crippen LogP contribution is -2.43. The number of ether oxygens (including phenoxy) is 1. The van der Waals surface area contributed by atoms with Crippen molar-refractivity contribution in [3.8, 4) is 17.2 Å². The highest BCUT2D eigenvalue weighted by molar-refractivity contribution is 5.54. The number of nitrogens with zero attached hydrogens (tertiary/aromatic N) is 3. The average molecular weight is 354 g/mol. The molecule has 0 aliphatic carbocycles. The van der Waals surface area contributed by atoms with Gasteiger partial charge in [0.2, 0.25) is 11.8 Å². The van der Waals surface area contributed by atoms with E-state index in [1.165, 1.54) is 6.42 Å². The molecular formula is C19H22N4O3. The van der Waals surface area contributed by atoms with Gasteiger partial charge in [0.05, 0.1) is 24.8 Å². The number of piperidine rings is 1. The van der Waals surface area contributed by atoms with E-state index in [-0.39, 0.29) is 5.54 Å². The predicted molar refractivity (Wildman–Crippen MR) is 94.8 cm³/mol. The summed E-state index contributed by atoms with van der Waals surface area (Å²) >= 11 is 0. The fourth-order valence-electron chi connectivity index (χ4n) is 3.20. The molecule has 7 heteroatoms. The van der Waals surface area contributed by atoms with Crippen LogP contribution in [0.15, 0.2) is 39.5 Å². The van der Waals surface area contributed by atoms with E-state index in [4.69, 9.17) is 13.7 Å². The summed E-state index contributed by atoms with van der Waals surface area (Å²) < 4.78 is 16.3. The van der Waals surface area contributed by atoms with Crippen LogP contribution in [0.1, 0.15) is 43.6 Å². The molecule has 2 aromatic heterocycles. The lowest BCUT2D eigenvalue weighted by atomic mass is 9.91. The highest BCUT2D eigenvalue weighted by Gasteiger charge is 2.34. The fraction of sp³-hybridized carbons (Fsp3) is 0.421. The van der Waals surface area contributed by atoms with Gasteiger partial charge in [-0.05, 0) is 57.0 Å². The molecule has 0 amide bonds. The summed E-state index contributed by atoms with van der Waals surface area (Å²) in [5.74, 6) is 2.62. The molecule has 1 saturated heterocycles. The van der Waals surface area contributed by atoms with Crippen LogP contribution < -0.4 is 10.1 Å². The molecule has 1 N–H and O–H groups in total. The van der Waals surface area contributed by atoms with Gasteiger partial charge < -0.3 is 19.0 Å². The number of hydrogen-bond donors (Lipinski definition) is 1.